The van der Waals surface area contributed by atoms with Gasteiger partial charge in [0, 0.05) is 6.04 Å². The van der Waals surface area contributed by atoms with Gasteiger partial charge in [-0.2, -0.15) is 0 Å². The van der Waals surface area contributed by atoms with Crippen LogP contribution >= 0.6 is 11.6 Å². The van der Waals surface area contributed by atoms with Gasteiger partial charge in [0.1, 0.15) is 5.75 Å². The van der Waals surface area contributed by atoms with Crippen molar-refractivity contribution in [2.75, 3.05) is 13.7 Å². The van der Waals surface area contributed by atoms with E-state index >= 15 is 0 Å². The number of piperidine rings is 1. The Kier molecular flexibility index (Phi) is 3.49. The molecule has 1 heterocycles. The van der Waals surface area contributed by atoms with Crippen molar-refractivity contribution in [1.29, 1.82) is 0 Å². The van der Waals surface area contributed by atoms with Gasteiger partial charge in [0.25, 0.3) is 0 Å². The first-order chi connectivity index (χ1) is 7.31. The van der Waals surface area contributed by atoms with Crippen LogP contribution in [-0.2, 0) is 0 Å². The van der Waals surface area contributed by atoms with Gasteiger partial charge in [0.05, 0.1) is 12.1 Å². The van der Waals surface area contributed by atoms with Gasteiger partial charge in [-0.1, -0.05) is 24.1 Å². The normalized spacial score (nSPS) is 21.3. The first kappa shape index (κ1) is 10.8. The van der Waals surface area contributed by atoms with Crippen molar-refractivity contribution in [2.24, 2.45) is 0 Å². The highest BCUT2D eigenvalue weighted by molar-refractivity contribution is 6.32. The zero-order valence-corrected chi connectivity index (χ0v) is 9.68. The van der Waals surface area contributed by atoms with Crippen molar-refractivity contribution in [2.45, 2.75) is 25.3 Å². The fourth-order valence-electron chi connectivity index (χ4n) is 2.03. The average molecular weight is 226 g/mol. The zero-order valence-electron chi connectivity index (χ0n) is 8.92. The van der Waals surface area contributed by atoms with Crippen molar-refractivity contribution in [3.05, 3.63) is 28.8 Å². The lowest BCUT2D eigenvalue weighted by atomic mass is 9.97. The third kappa shape index (κ3) is 2.44. The van der Waals surface area contributed by atoms with Gasteiger partial charge in [0.15, 0.2) is 0 Å². The highest BCUT2D eigenvalue weighted by Crippen LogP contribution is 2.30. The molecule has 2 nitrogen and oxygen atoms in total. The summed E-state index contributed by atoms with van der Waals surface area (Å²) in [5.74, 6) is 0.765. The molecule has 0 aliphatic carbocycles. The molecule has 0 saturated carbocycles. The lowest BCUT2D eigenvalue weighted by Gasteiger charge is -2.24. The molecule has 3 heteroatoms. The van der Waals surface area contributed by atoms with Gasteiger partial charge in [-0.05, 0) is 37.1 Å². The molecular formula is C12H16ClNO. The molecule has 1 atom stereocenters. The number of ether oxygens (including phenoxy) is 1. The highest BCUT2D eigenvalue weighted by atomic mass is 35.5. The van der Waals surface area contributed by atoms with Crippen molar-refractivity contribution >= 4 is 11.6 Å². The summed E-state index contributed by atoms with van der Waals surface area (Å²) < 4.78 is 5.22. The third-order valence-corrected chi connectivity index (χ3v) is 3.20. The van der Waals surface area contributed by atoms with Crippen LogP contribution in [0.15, 0.2) is 18.2 Å². The summed E-state index contributed by atoms with van der Waals surface area (Å²) in [6, 6.07) is 6.48. The van der Waals surface area contributed by atoms with E-state index in [0.29, 0.717) is 11.1 Å². The molecule has 1 aromatic carbocycles. The summed E-state index contributed by atoms with van der Waals surface area (Å²) in [5, 5.41) is 4.19. The van der Waals surface area contributed by atoms with E-state index in [1.807, 2.05) is 12.1 Å². The molecule has 1 saturated heterocycles. The third-order valence-electron chi connectivity index (χ3n) is 2.89. The molecule has 1 N–H and O–H groups in total. The maximum atomic E-state index is 5.99. The topological polar surface area (TPSA) is 21.3 Å². The molecular weight excluding hydrogens is 210 g/mol. The fourth-order valence-corrected chi connectivity index (χ4v) is 2.22. The number of hydrogen-bond acceptors (Lipinski definition) is 2. The van der Waals surface area contributed by atoms with E-state index in [1.54, 1.807) is 7.11 Å². The van der Waals surface area contributed by atoms with Crippen LogP contribution < -0.4 is 10.1 Å². The molecule has 1 fully saturated rings. The standard InChI is InChI=1S/C12H16ClNO/c1-15-12-8-9(5-6-10(12)13)11-4-2-3-7-14-11/h5-6,8,11,14H,2-4,7H2,1H3/t11-/m1/s1. The van der Waals surface area contributed by atoms with Crippen LogP contribution in [0.4, 0.5) is 0 Å². The van der Waals surface area contributed by atoms with Crippen molar-refractivity contribution in [3.8, 4) is 5.75 Å². The molecule has 0 unspecified atom stereocenters. The molecule has 1 aromatic rings. The Morgan fingerprint density at radius 1 is 1.40 bits per heavy atom. The number of benzene rings is 1. The second-order valence-corrected chi connectivity index (χ2v) is 4.30. The molecule has 15 heavy (non-hydrogen) atoms. The smallest absolute Gasteiger partial charge is 0.137 e. The molecule has 82 valence electrons. The quantitative estimate of drug-likeness (QED) is 0.835. The molecule has 1 aliphatic rings. The van der Waals surface area contributed by atoms with Crippen LogP contribution in [0.3, 0.4) is 0 Å². The first-order valence-corrected chi connectivity index (χ1v) is 5.76. The second kappa shape index (κ2) is 4.86. The molecule has 0 spiro atoms. The number of rotatable bonds is 2. The first-order valence-electron chi connectivity index (χ1n) is 5.38. The summed E-state index contributed by atoms with van der Waals surface area (Å²) in [6.45, 7) is 1.11. The van der Waals surface area contributed by atoms with Gasteiger partial charge in [-0.25, -0.2) is 0 Å². The lowest BCUT2D eigenvalue weighted by Crippen LogP contribution is -2.26. The summed E-state index contributed by atoms with van der Waals surface area (Å²) in [7, 11) is 1.65. The van der Waals surface area contributed by atoms with Crippen molar-refractivity contribution in [1.82, 2.24) is 5.32 Å². The molecule has 0 bridgehead atoms. The van der Waals surface area contributed by atoms with E-state index in [2.05, 4.69) is 11.4 Å². The number of nitrogens with one attached hydrogen (secondary N) is 1. The monoisotopic (exact) mass is 225 g/mol. The Morgan fingerprint density at radius 3 is 2.93 bits per heavy atom. The van der Waals surface area contributed by atoms with Crippen LogP contribution in [0.5, 0.6) is 5.75 Å². The van der Waals surface area contributed by atoms with Crippen LogP contribution in [0.25, 0.3) is 0 Å². The van der Waals surface area contributed by atoms with E-state index in [0.717, 1.165) is 12.3 Å². The van der Waals surface area contributed by atoms with Gasteiger partial charge < -0.3 is 10.1 Å². The Balaban J connectivity index is 2.20. The van der Waals surface area contributed by atoms with Crippen LogP contribution in [0.1, 0.15) is 30.9 Å². The van der Waals surface area contributed by atoms with E-state index < -0.39 is 0 Å². The minimum absolute atomic E-state index is 0.463. The van der Waals surface area contributed by atoms with Gasteiger partial charge in [-0.15, -0.1) is 0 Å². The Bertz CT molecular complexity index is 334. The summed E-state index contributed by atoms with van der Waals surface area (Å²) in [5.41, 5.74) is 1.27. The van der Waals surface area contributed by atoms with Crippen molar-refractivity contribution < 1.29 is 4.74 Å². The Hall–Kier alpha value is -0.730. The maximum absolute atomic E-state index is 5.99. The van der Waals surface area contributed by atoms with E-state index in [1.165, 1.54) is 24.8 Å². The SMILES string of the molecule is COc1cc([C@H]2CCCCN2)ccc1Cl. The molecule has 1 aliphatic heterocycles. The Morgan fingerprint density at radius 2 is 2.27 bits per heavy atom. The minimum atomic E-state index is 0.463. The number of methoxy groups -OCH3 is 1. The second-order valence-electron chi connectivity index (χ2n) is 3.90. The summed E-state index contributed by atoms with van der Waals surface area (Å²) >= 11 is 5.99. The average Bonchev–Trinajstić information content (AvgIpc) is 2.31. The lowest BCUT2D eigenvalue weighted by molar-refractivity contribution is 0.400. The molecule has 0 aromatic heterocycles. The minimum Gasteiger partial charge on any atom is -0.495 e. The van der Waals surface area contributed by atoms with E-state index in [-0.39, 0.29) is 0 Å². The van der Waals surface area contributed by atoms with Gasteiger partial charge in [-0.3, -0.25) is 0 Å². The van der Waals surface area contributed by atoms with E-state index in [9.17, 15) is 0 Å². The summed E-state index contributed by atoms with van der Waals surface area (Å²) in [4.78, 5) is 0. The summed E-state index contributed by atoms with van der Waals surface area (Å²) in [6.07, 6.45) is 3.77. The molecule has 0 radical (unpaired) electrons. The Labute approximate surface area is 95.6 Å². The predicted molar refractivity (Wildman–Crippen MR) is 62.6 cm³/mol. The number of halogens is 1. The predicted octanol–water partition coefficient (Wildman–Crippen LogP) is 3.16. The van der Waals surface area contributed by atoms with Crippen LogP contribution in [0.2, 0.25) is 5.02 Å². The fraction of sp³-hybridized carbons (Fsp3) is 0.500. The van der Waals surface area contributed by atoms with Gasteiger partial charge >= 0.3 is 0 Å². The molecule has 0 amide bonds. The van der Waals surface area contributed by atoms with Gasteiger partial charge in [0.2, 0.25) is 0 Å². The number of hydrogen-bond donors (Lipinski definition) is 1. The zero-order chi connectivity index (χ0) is 10.7. The van der Waals surface area contributed by atoms with Crippen LogP contribution in [-0.4, -0.2) is 13.7 Å². The van der Waals surface area contributed by atoms with Crippen molar-refractivity contribution in [3.63, 3.8) is 0 Å². The van der Waals surface area contributed by atoms with E-state index in [4.69, 9.17) is 16.3 Å². The highest BCUT2D eigenvalue weighted by Gasteiger charge is 2.15. The maximum Gasteiger partial charge on any atom is 0.137 e. The molecule has 2 rings (SSSR count). The largest absolute Gasteiger partial charge is 0.495 e. The van der Waals surface area contributed by atoms with Crippen LogP contribution in [0, 0.1) is 0 Å².